The Kier molecular flexibility index (Phi) is 6.54. The summed E-state index contributed by atoms with van der Waals surface area (Å²) in [6, 6.07) is 6.32. The molecule has 3 nitrogen and oxygen atoms in total. The van der Waals surface area contributed by atoms with Gasteiger partial charge in [-0.15, -0.1) is 0 Å². The highest BCUT2D eigenvalue weighted by Gasteiger charge is 2.40. The Morgan fingerprint density at radius 3 is 2.61 bits per heavy atom. The summed E-state index contributed by atoms with van der Waals surface area (Å²) in [5, 5.41) is 0.235. The van der Waals surface area contributed by atoms with Crippen molar-refractivity contribution in [2.45, 2.75) is 49.8 Å². The quantitative estimate of drug-likeness (QED) is 0.568. The predicted molar refractivity (Wildman–Crippen MR) is 114 cm³/mol. The molecule has 2 aliphatic heterocycles. The van der Waals surface area contributed by atoms with Crippen LogP contribution >= 0.6 is 12.6 Å². The van der Waals surface area contributed by atoms with E-state index in [9.17, 15) is 9.18 Å². The normalized spacial score (nSPS) is 27.1. The molecule has 3 fully saturated rings. The first-order valence-electron chi connectivity index (χ1n) is 10.7. The zero-order valence-corrected chi connectivity index (χ0v) is 17.4. The van der Waals surface area contributed by atoms with E-state index < -0.39 is 6.04 Å². The second-order valence-corrected chi connectivity index (χ2v) is 9.14. The van der Waals surface area contributed by atoms with Gasteiger partial charge in [0.25, 0.3) is 0 Å². The summed E-state index contributed by atoms with van der Waals surface area (Å²) in [6.07, 6.45) is 9.02. The van der Waals surface area contributed by atoms with Gasteiger partial charge in [0.05, 0.1) is 6.04 Å². The van der Waals surface area contributed by atoms with Gasteiger partial charge >= 0.3 is 0 Å². The number of likely N-dealkylation sites (tertiary alicyclic amines) is 2. The molecule has 2 heterocycles. The van der Waals surface area contributed by atoms with Gasteiger partial charge < -0.3 is 0 Å². The van der Waals surface area contributed by atoms with E-state index in [-0.39, 0.29) is 22.8 Å². The van der Waals surface area contributed by atoms with E-state index in [4.69, 9.17) is 12.6 Å². The fraction of sp³-hybridized carbons (Fsp3) is 0.609. The summed E-state index contributed by atoms with van der Waals surface area (Å²) in [7, 11) is 0. The van der Waals surface area contributed by atoms with E-state index in [1.807, 2.05) is 6.07 Å². The van der Waals surface area contributed by atoms with E-state index in [2.05, 4.69) is 15.9 Å². The molecule has 5 heteroatoms. The lowest BCUT2D eigenvalue weighted by Gasteiger charge is -2.38. The van der Waals surface area contributed by atoms with Crippen molar-refractivity contribution in [2.24, 2.45) is 5.92 Å². The molecule has 1 aromatic rings. The number of piperidine rings is 2. The second-order valence-electron chi connectivity index (χ2n) is 8.52. The van der Waals surface area contributed by atoms with Gasteiger partial charge in [0.1, 0.15) is 5.82 Å². The minimum atomic E-state index is -0.465. The van der Waals surface area contributed by atoms with Crippen molar-refractivity contribution in [3.8, 4) is 0 Å². The molecule has 3 aliphatic rings. The van der Waals surface area contributed by atoms with Crippen LogP contribution in [-0.4, -0.2) is 53.6 Å². The maximum absolute atomic E-state index is 14.6. The van der Waals surface area contributed by atoms with Gasteiger partial charge in [-0.05, 0) is 56.8 Å². The van der Waals surface area contributed by atoms with E-state index in [0.29, 0.717) is 12.1 Å². The molecule has 0 radical (unpaired) electrons. The minimum Gasteiger partial charge on any atom is -0.300 e. The van der Waals surface area contributed by atoms with Gasteiger partial charge in [0.15, 0.2) is 5.78 Å². The first-order chi connectivity index (χ1) is 13.6. The molecule has 2 atom stereocenters. The monoisotopic (exact) mass is 402 g/mol. The molecule has 0 spiro atoms. The molecule has 0 N–H and O–H groups in total. The lowest BCUT2D eigenvalue weighted by Crippen LogP contribution is -2.43. The summed E-state index contributed by atoms with van der Waals surface area (Å²) in [5.41, 5.74) is 1.82. The molecular formula is C23H31FN2OS. The topological polar surface area (TPSA) is 23.6 Å². The lowest BCUT2D eigenvalue weighted by atomic mass is 9.93. The SMILES string of the molecule is O=C(C1CC1)C(c1ccccc1F)N1CCC(S)/C(=C/CN2CCCCC2)C1. The Labute approximate surface area is 173 Å². The third-order valence-corrected chi connectivity index (χ3v) is 6.97. The Balaban J connectivity index is 1.53. The highest BCUT2D eigenvalue weighted by atomic mass is 32.1. The number of carbonyl (C=O) groups is 1. The average Bonchev–Trinajstić information content (AvgIpc) is 3.56. The van der Waals surface area contributed by atoms with Crippen LogP contribution < -0.4 is 0 Å². The molecule has 1 aliphatic carbocycles. The Hall–Kier alpha value is -1.17. The summed E-state index contributed by atoms with van der Waals surface area (Å²) >= 11 is 4.80. The number of benzene rings is 1. The third kappa shape index (κ3) is 4.69. The van der Waals surface area contributed by atoms with E-state index in [1.165, 1.54) is 44.0 Å². The van der Waals surface area contributed by atoms with Crippen LogP contribution in [0, 0.1) is 11.7 Å². The molecule has 2 saturated heterocycles. The number of carbonyl (C=O) groups excluding carboxylic acids is 1. The van der Waals surface area contributed by atoms with Gasteiger partial charge in [-0.25, -0.2) is 4.39 Å². The number of ketones is 1. The number of nitrogens with zero attached hydrogens (tertiary/aromatic N) is 2. The van der Waals surface area contributed by atoms with E-state index >= 15 is 0 Å². The maximum Gasteiger partial charge on any atom is 0.157 e. The number of hydrogen-bond acceptors (Lipinski definition) is 4. The van der Waals surface area contributed by atoms with E-state index in [1.54, 1.807) is 12.1 Å². The highest BCUT2D eigenvalue weighted by molar-refractivity contribution is 7.81. The van der Waals surface area contributed by atoms with Crippen LogP contribution in [0.4, 0.5) is 4.39 Å². The summed E-state index contributed by atoms with van der Waals surface area (Å²) in [4.78, 5) is 17.8. The summed E-state index contributed by atoms with van der Waals surface area (Å²) in [6.45, 7) is 4.79. The smallest absolute Gasteiger partial charge is 0.157 e. The molecule has 0 amide bonds. The second kappa shape index (κ2) is 9.10. The number of thiol groups is 1. The summed E-state index contributed by atoms with van der Waals surface area (Å²) < 4.78 is 14.6. The van der Waals surface area contributed by atoms with Gasteiger partial charge in [-0.1, -0.05) is 30.7 Å². The molecule has 2 unspecified atom stereocenters. The van der Waals surface area contributed by atoms with Crippen LogP contribution in [0.2, 0.25) is 0 Å². The van der Waals surface area contributed by atoms with Crippen molar-refractivity contribution < 1.29 is 9.18 Å². The van der Waals surface area contributed by atoms with Crippen molar-refractivity contribution in [1.82, 2.24) is 9.80 Å². The zero-order chi connectivity index (χ0) is 19.5. The van der Waals surface area contributed by atoms with E-state index in [0.717, 1.165) is 32.4 Å². The molecule has 0 bridgehead atoms. The number of hydrogen-bond donors (Lipinski definition) is 1. The molecule has 1 saturated carbocycles. The standard InChI is InChI=1S/C23H31FN2OS/c24-20-7-3-2-6-19(20)22(23(27)17-8-9-17)26-15-11-21(28)18(16-26)10-14-25-12-4-1-5-13-25/h2-3,6-7,10,17,21-22,28H,1,4-5,8-9,11-16H2/b18-10+. The van der Waals surface area contributed by atoms with Crippen LogP contribution in [0.1, 0.15) is 50.1 Å². The number of Topliss-reactive ketones (excluding diaryl/α,β-unsaturated/α-hetero) is 1. The molecule has 0 aromatic heterocycles. The van der Waals surface area contributed by atoms with Crippen molar-refractivity contribution in [2.75, 3.05) is 32.7 Å². The maximum atomic E-state index is 14.6. The van der Waals surface area contributed by atoms with Crippen molar-refractivity contribution in [3.05, 3.63) is 47.3 Å². The minimum absolute atomic E-state index is 0.110. The fourth-order valence-electron chi connectivity index (χ4n) is 4.52. The first kappa shape index (κ1) is 20.1. The Bertz CT molecular complexity index is 727. The third-order valence-electron chi connectivity index (χ3n) is 6.38. The van der Waals surface area contributed by atoms with Crippen LogP contribution in [-0.2, 0) is 4.79 Å². The predicted octanol–water partition coefficient (Wildman–Crippen LogP) is 4.26. The Morgan fingerprint density at radius 2 is 1.89 bits per heavy atom. The first-order valence-corrected chi connectivity index (χ1v) is 11.3. The van der Waals surface area contributed by atoms with Crippen LogP contribution in [0.5, 0.6) is 0 Å². The molecule has 4 rings (SSSR count). The van der Waals surface area contributed by atoms with Crippen LogP contribution in [0.25, 0.3) is 0 Å². The average molecular weight is 403 g/mol. The molecule has 28 heavy (non-hydrogen) atoms. The Morgan fingerprint density at radius 1 is 1.14 bits per heavy atom. The van der Waals surface area contributed by atoms with Gasteiger partial charge in [-0.3, -0.25) is 14.6 Å². The molecular weight excluding hydrogens is 371 g/mol. The van der Waals surface area contributed by atoms with Crippen molar-refractivity contribution in [1.29, 1.82) is 0 Å². The van der Waals surface area contributed by atoms with Gasteiger partial charge in [0.2, 0.25) is 0 Å². The highest BCUT2D eigenvalue weighted by Crippen LogP contribution is 2.39. The largest absolute Gasteiger partial charge is 0.300 e. The molecule has 1 aromatic carbocycles. The van der Waals surface area contributed by atoms with Crippen LogP contribution in [0.15, 0.2) is 35.9 Å². The summed E-state index contributed by atoms with van der Waals surface area (Å²) in [5.74, 6) is 0.0329. The molecule has 152 valence electrons. The van der Waals surface area contributed by atoms with Gasteiger partial charge in [-0.2, -0.15) is 12.6 Å². The van der Waals surface area contributed by atoms with Crippen LogP contribution in [0.3, 0.4) is 0 Å². The fourth-order valence-corrected chi connectivity index (χ4v) is 4.82. The van der Waals surface area contributed by atoms with Gasteiger partial charge in [0, 0.05) is 36.4 Å². The number of rotatable bonds is 6. The zero-order valence-electron chi connectivity index (χ0n) is 16.5. The van der Waals surface area contributed by atoms with Crippen molar-refractivity contribution in [3.63, 3.8) is 0 Å². The van der Waals surface area contributed by atoms with Crippen molar-refractivity contribution >= 4 is 18.4 Å². The number of halogens is 1. The lowest BCUT2D eigenvalue weighted by molar-refractivity contribution is -0.126.